The number of carbonyl (C=O) groups excluding carboxylic acids is 1. The summed E-state index contributed by atoms with van der Waals surface area (Å²) in [6, 6.07) is 3.20. The first kappa shape index (κ1) is 17.1. The lowest BCUT2D eigenvalue weighted by Crippen LogP contribution is -2.27. The Morgan fingerprint density at radius 1 is 1.31 bits per heavy atom. The van der Waals surface area contributed by atoms with Gasteiger partial charge in [0.25, 0.3) is 15.9 Å². The van der Waals surface area contributed by atoms with E-state index in [0.717, 1.165) is 44.5 Å². The van der Waals surface area contributed by atoms with Crippen molar-refractivity contribution in [3.05, 3.63) is 29.7 Å². The van der Waals surface area contributed by atoms with Crippen molar-refractivity contribution >= 4 is 21.7 Å². The molecule has 0 atom stereocenters. The summed E-state index contributed by atoms with van der Waals surface area (Å²) in [7, 11) is -3.79. The summed E-state index contributed by atoms with van der Waals surface area (Å²) in [6.45, 7) is 4.12. The van der Waals surface area contributed by atoms with Gasteiger partial charge in [0.05, 0.1) is 0 Å². The first-order chi connectivity index (χ1) is 12.5. The number of hydrogen-bond donors (Lipinski definition) is 2. The van der Waals surface area contributed by atoms with Crippen LogP contribution in [0.5, 0.6) is 0 Å². The SMILES string of the molecule is CCn1nc(NS(=O)(=O)c2c[nH]c(C(=O)N3CCCC3)c2)cc1C1CC1. The molecular formula is C17H23N5O3S. The van der Waals surface area contributed by atoms with Crippen LogP contribution in [-0.4, -0.2) is 47.1 Å². The molecule has 2 N–H and O–H groups in total. The molecule has 1 saturated heterocycles. The molecule has 4 rings (SSSR count). The molecule has 26 heavy (non-hydrogen) atoms. The van der Waals surface area contributed by atoms with Crippen molar-refractivity contribution in [3.8, 4) is 0 Å². The topological polar surface area (TPSA) is 100 Å². The summed E-state index contributed by atoms with van der Waals surface area (Å²) < 4.78 is 29.7. The van der Waals surface area contributed by atoms with Crippen LogP contribution in [0.25, 0.3) is 0 Å². The number of carbonyl (C=O) groups is 1. The van der Waals surface area contributed by atoms with Gasteiger partial charge in [-0.2, -0.15) is 5.10 Å². The van der Waals surface area contributed by atoms with E-state index in [0.29, 0.717) is 24.0 Å². The highest BCUT2D eigenvalue weighted by Crippen LogP contribution is 2.41. The first-order valence-electron chi connectivity index (χ1n) is 9.06. The normalized spacial score (nSPS) is 17.7. The summed E-state index contributed by atoms with van der Waals surface area (Å²) in [6.07, 6.45) is 5.57. The summed E-state index contributed by atoms with van der Waals surface area (Å²) in [5.41, 5.74) is 1.37. The van der Waals surface area contributed by atoms with E-state index in [4.69, 9.17) is 0 Å². The molecule has 1 saturated carbocycles. The van der Waals surface area contributed by atoms with Crippen LogP contribution in [0.3, 0.4) is 0 Å². The number of hydrogen-bond acceptors (Lipinski definition) is 4. The molecule has 2 aliphatic rings. The van der Waals surface area contributed by atoms with Gasteiger partial charge in [0.2, 0.25) is 0 Å². The van der Waals surface area contributed by atoms with Crippen molar-refractivity contribution in [1.82, 2.24) is 19.7 Å². The van der Waals surface area contributed by atoms with Gasteiger partial charge in [0, 0.05) is 43.5 Å². The second-order valence-electron chi connectivity index (χ2n) is 6.90. The maximum absolute atomic E-state index is 12.6. The molecule has 1 amide bonds. The van der Waals surface area contributed by atoms with Gasteiger partial charge < -0.3 is 9.88 Å². The molecule has 0 bridgehead atoms. The number of sulfonamides is 1. The Kier molecular flexibility index (Phi) is 4.26. The van der Waals surface area contributed by atoms with Crippen molar-refractivity contribution in [3.63, 3.8) is 0 Å². The minimum atomic E-state index is -3.79. The van der Waals surface area contributed by atoms with Crippen LogP contribution in [0.2, 0.25) is 0 Å². The van der Waals surface area contributed by atoms with Crippen molar-refractivity contribution < 1.29 is 13.2 Å². The first-order valence-corrected chi connectivity index (χ1v) is 10.5. The molecule has 8 nitrogen and oxygen atoms in total. The zero-order valence-corrected chi connectivity index (χ0v) is 15.6. The van der Waals surface area contributed by atoms with Crippen LogP contribution in [0.4, 0.5) is 5.82 Å². The standard InChI is InChI=1S/C17H23N5O3S/c1-2-22-15(12-5-6-12)10-16(19-22)20-26(24,25)13-9-14(18-11-13)17(23)21-7-3-4-8-21/h9-12,18H,2-8H2,1H3,(H,19,20). The Balaban J connectivity index is 1.52. The Morgan fingerprint density at radius 3 is 2.69 bits per heavy atom. The minimum absolute atomic E-state index is 0.0408. The highest BCUT2D eigenvalue weighted by Gasteiger charge is 2.29. The zero-order valence-electron chi connectivity index (χ0n) is 14.7. The monoisotopic (exact) mass is 377 g/mol. The fraction of sp³-hybridized carbons (Fsp3) is 0.529. The third kappa shape index (κ3) is 3.23. The van der Waals surface area contributed by atoms with Gasteiger partial charge in [-0.25, -0.2) is 8.42 Å². The fourth-order valence-electron chi connectivity index (χ4n) is 3.38. The molecule has 1 aliphatic carbocycles. The largest absolute Gasteiger partial charge is 0.356 e. The van der Waals surface area contributed by atoms with Crippen LogP contribution in [0, 0.1) is 0 Å². The molecule has 0 radical (unpaired) electrons. The number of nitrogens with one attached hydrogen (secondary N) is 2. The van der Waals surface area contributed by atoms with E-state index in [9.17, 15) is 13.2 Å². The molecular weight excluding hydrogens is 354 g/mol. The fourth-order valence-corrected chi connectivity index (χ4v) is 4.36. The second-order valence-corrected chi connectivity index (χ2v) is 8.58. The van der Waals surface area contributed by atoms with E-state index in [1.807, 2.05) is 17.7 Å². The molecule has 2 aromatic rings. The molecule has 0 aromatic carbocycles. The van der Waals surface area contributed by atoms with Crippen molar-refractivity contribution in [2.45, 2.75) is 50.0 Å². The smallest absolute Gasteiger partial charge is 0.270 e. The molecule has 3 heterocycles. The van der Waals surface area contributed by atoms with E-state index in [1.165, 1.54) is 12.3 Å². The number of amides is 1. The number of aromatic amines is 1. The van der Waals surface area contributed by atoms with Crippen LogP contribution >= 0.6 is 0 Å². The quantitative estimate of drug-likeness (QED) is 0.805. The Morgan fingerprint density at radius 2 is 2.04 bits per heavy atom. The molecule has 0 spiro atoms. The lowest BCUT2D eigenvalue weighted by molar-refractivity contribution is 0.0787. The predicted octanol–water partition coefficient (Wildman–Crippen LogP) is 2.15. The maximum atomic E-state index is 12.6. The van der Waals surface area contributed by atoms with Gasteiger partial charge in [-0.15, -0.1) is 0 Å². The summed E-state index contributed by atoms with van der Waals surface area (Å²) >= 11 is 0. The number of anilines is 1. The van der Waals surface area contributed by atoms with E-state index >= 15 is 0 Å². The number of aromatic nitrogens is 3. The van der Waals surface area contributed by atoms with E-state index < -0.39 is 10.0 Å². The third-order valence-electron chi connectivity index (χ3n) is 4.94. The molecule has 1 aliphatic heterocycles. The molecule has 0 unspecified atom stereocenters. The average Bonchev–Trinajstić information content (AvgIpc) is 3.07. The van der Waals surface area contributed by atoms with E-state index in [-0.39, 0.29) is 10.8 Å². The van der Waals surface area contributed by atoms with Gasteiger partial charge in [0.1, 0.15) is 10.6 Å². The van der Waals surface area contributed by atoms with Crippen LogP contribution in [0.15, 0.2) is 23.2 Å². The van der Waals surface area contributed by atoms with E-state index in [2.05, 4.69) is 14.8 Å². The lowest BCUT2D eigenvalue weighted by atomic mass is 10.3. The highest BCUT2D eigenvalue weighted by molar-refractivity contribution is 7.92. The number of aryl methyl sites for hydroxylation is 1. The lowest BCUT2D eigenvalue weighted by Gasteiger charge is -2.13. The zero-order chi connectivity index (χ0) is 18.3. The van der Waals surface area contributed by atoms with Gasteiger partial charge in [-0.1, -0.05) is 0 Å². The average molecular weight is 377 g/mol. The van der Waals surface area contributed by atoms with Gasteiger partial charge in [0.15, 0.2) is 5.82 Å². The third-order valence-corrected chi connectivity index (χ3v) is 6.27. The Bertz CT molecular complexity index is 920. The summed E-state index contributed by atoms with van der Waals surface area (Å²) in [4.78, 5) is 16.9. The van der Waals surface area contributed by atoms with Crippen molar-refractivity contribution in [2.75, 3.05) is 17.8 Å². The van der Waals surface area contributed by atoms with Gasteiger partial charge in [-0.05, 0) is 38.7 Å². The van der Waals surface area contributed by atoms with Crippen molar-refractivity contribution in [2.24, 2.45) is 0 Å². The second kappa shape index (κ2) is 6.46. The molecule has 140 valence electrons. The number of nitrogens with zero attached hydrogens (tertiary/aromatic N) is 3. The van der Waals surface area contributed by atoms with Gasteiger partial charge >= 0.3 is 0 Å². The predicted molar refractivity (Wildman–Crippen MR) is 96.6 cm³/mol. The van der Waals surface area contributed by atoms with Crippen LogP contribution in [0.1, 0.15) is 54.7 Å². The molecule has 2 aromatic heterocycles. The maximum Gasteiger partial charge on any atom is 0.270 e. The number of rotatable bonds is 6. The van der Waals surface area contributed by atoms with Crippen LogP contribution in [-0.2, 0) is 16.6 Å². The van der Waals surface area contributed by atoms with Gasteiger partial charge in [-0.3, -0.25) is 14.2 Å². The highest BCUT2D eigenvalue weighted by atomic mass is 32.2. The Hall–Kier alpha value is -2.29. The molecule has 9 heteroatoms. The minimum Gasteiger partial charge on any atom is -0.356 e. The summed E-state index contributed by atoms with van der Waals surface area (Å²) in [5, 5.41) is 4.35. The molecule has 2 fully saturated rings. The summed E-state index contributed by atoms with van der Waals surface area (Å²) in [5.74, 6) is 0.648. The van der Waals surface area contributed by atoms with E-state index in [1.54, 1.807) is 4.90 Å². The Labute approximate surface area is 152 Å². The van der Waals surface area contributed by atoms with Crippen LogP contribution < -0.4 is 4.72 Å². The van der Waals surface area contributed by atoms with Crippen molar-refractivity contribution in [1.29, 1.82) is 0 Å². The number of likely N-dealkylation sites (tertiary alicyclic amines) is 1. The number of H-pyrrole nitrogens is 1.